The second-order valence-corrected chi connectivity index (χ2v) is 12.4. The van der Waals surface area contributed by atoms with Gasteiger partial charge in [0.1, 0.15) is 0 Å². The lowest BCUT2D eigenvalue weighted by Gasteiger charge is -2.13. The van der Waals surface area contributed by atoms with Crippen molar-refractivity contribution in [3.8, 4) is 27.9 Å². The van der Waals surface area contributed by atoms with E-state index in [0.717, 1.165) is 0 Å². The van der Waals surface area contributed by atoms with Gasteiger partial charge in [0.05, 0.1) is 11.0 Å². The highest BCUT2D eigenvalue weighted by molar-refractivity contribution is 6.25. The van der Waals surface area contributed by atoms with Crippen LogP contribution in [0.4, 0.5) is 0 Å². The molecule has 0 amide bonds. The van der Waals surface area contributed by atoms with Crippen molar-refractivity contribution >= 4 is 54.1 Å². The lowest BCUT2D eigenvalue weighted by molar-refractivity contribution is 1.18. The zero-order chi connectivity index (χ0) is 30.1. The van der Waals surface area contributed by atoms with E-state index in [0.29, 0.717) is 0 Å². The second kappa shape index (κ2) is 9.94. The van der Waals surface area contributed by atoms with E-state index in [1.165, 1.54) is 93.2 Å². The van der Waals surface area contributed by atoms with E-state index in [1.807, 2.05) is 0 Å². The molecule has 0 unspecified atom stereocenters. The summed E-state index contributed by atoms with van der Waals surface area (Å²) in [5.41, 5.74) is 11.1. The van der Waals surface area contributed by atoms with E-state index in [9.17, 15) is 0 Å². The number of fused-ring (bicyclic) bond motifs is 9. The molecule has 1 aromatic heterocycles. The monoisotopic (exact) mass is 573 g/mol. The van der Waals surface area contributed by atoms with Gasteiger partial charge in [-0.15, -0.1) is 0 Å². The summed E-state index contributed by atoms with van der Waals surface area (Å²) in [5, 5.41) is 10.4. The largest absolute Gasteiger partial charge is 0.309 e. The number of aryl methyl sites for hydroxylation is 2. The van der Waals surface area contributed by atoms with Gasteiger partial charge in [-0.25, -0.2) is 0 Å². The minimum Gasteiger partial charge on any atom is -0.309 e. The van der Waals surface area contributed by atoms with Gasteiger partial charge < -0.3 is 4.57 Å². The molecule has 0 radical (unpaired) electrons. The molecule has 1 heterocycles. The van der Waals surface area contributed by atoms with Crippen LogP contribution in [-0.4, -0.2) is 4.57 Å². The molecule has 9 aromatic rings. The summed E-state index contributed by atoms with van der Waals surface area (Å²) >= 11 is 0. The van der Waals surface area contributed by atoms with Crippen molar-refractivity contribution in [1.82, 2.24) is 4.57 Å². The smallest absolute Gasteiger partial charge is 0.0541 e. The number of nitrogens with zero attached hydrogens (tertiary/aromatic N) is 1. The molecule has 0 aliphatic rings. The first kappa shape index (κ1) is 25.8. The zero-order valence-electron chi connectivity index (χ0n) is 25.4. The first-order valence-electron chi connectivity index (χ1n) is 15.7. The third-order valence-corrected chi connectivity index (χ3v) is 9.48. The van der Waals surface area contributed by atoms with Crippen LogP contribution < -0.4 is 0 Å². The third kappa shape index (κ3) is 4.08. The van der Waals surface area contributed by atoms with Crippen molar-refractivity contribution < 1.29 is 0 Å². The van der Waals surface area contributed by atoms with Crippen LogP contribution in [0.15, 0.2) is 152 Å². The molecule has 8 aromatic carbocycles. The van der Waals surface area contributed by atoms with Gasteiger partial charge in [-0.05, 0) is 117 Å². The minimum atomic E-state index is 1.18. The van der Waals surface area contributed by atoms with Gasteiger partial charge in [0.15, 0.2) is 0 Å². The number of benzene rings is 8. The van der Waals surface area contributed by atoms with E-state index in [1.54, 1.807) is 0 Å². The Labute approximate surface area is 262 Å². The zero-order valence-corrected chi connectivity index (χ0v) is 25.4. The maximum Gasteiger partial charge on any atom is 0.0541 e. The summed E-state index contributed by atoms with van der Waals surface area (Å²) < 4.78 is 2.40. The molecule has 0 saturated heterocycles. The normalized spacial score (nSPS) is 11.8. The van der Waals surface area contributed by atoms with Gasteiger partial charge in [0, 0.05) is 16.5 Å². The Bertz CT molecular complexity index is 2500. The van der Waals surface area contributed by atoms with Crippen LogP contribution >= 0.6 is 0 Å². The quantitative estimate of drug-likeness (QED) is 0.185. The van der Waals surface area contributed by atoms with E-state index < -0.39 is 0 Å². The Kier molecular flexibility index (Phi) is 5.70. The predicted octanol–water partition coefficient (Wildman–Crippen LogP) is 12.2. The fraction of sp³-hybridized carbons (Fsp3) is 0.0455. The van der Waals surface area contributed by atoms with Crippen LogP contribution in [0.3, 0.4) is 0 Å². The van der Waals surface area contributed by atoms with Crippen LogP contribution in [0.2, 0.25) is 0 Å². The molecule has 0 spiro atoms. The summed E-state index contributed by atoms with van der Waals surface area (Å²) in [6.45, 7) is 4.34. The molecule has 0 N–H and O–H groups in total. The Balaban J connectivity index is 1.14. The Morgan fingerprint density at radius 2 is 0.778 bits per heavy atom. The summed E-state index contributed by atoms with van der Waals surface area (Å²) in [6.07, 6.45) is 0. The molecule has 0 bridgehead atoms. The van der Waals surface area contributed by atoms with E-state index in [-0.39, 0.29) is 0 Å². The van der Waals surface area contributed by atoms with Crippen molar-refractivity contribution in [3.05, 3.63) is 163 Å². The predicted molar refractivity (Wildman–Crippen MR) is 194 cm³/mol. The topological polar surface area (TPSA) is 4.93 Å². The van der Waals surface area contributed by atoms with E-state index in [4.69, 9.17) is 0 Å². The van der Waals surface area contributed by atoms with Gasteiger partial charge in [-0.3, -0.25) is 0 Å². The molecule has 1 heteroatoms. The van der Waals surface area contributed by atoms with Crippen molar-refractivity contribution in [2.24, 2.45) is 0 Å². The van der Waals surface area contributed by atoms with Crippen LogP contribution in [0.5, 0.6) is 0 Å². The Morgan fingerprint density at radius 3 is 1.36 bits per heavy atom. The lowest BCUT2D eigenvalue weighted by Crippen LogP contribution is -1.94. The summed E-state index contributed by atoms with van der Waals surface area (Å²) in [7, 11) is 0. The second-order valence-electron chi connectivity index (χ2n) is 12.4. The fourth-order valence-electron chi connectivity index (χ4n) is 7.30. The van der Waals surface area contributed by atoms with Gasteiger partial charge in [0.2, 0.25) is 0 Å². The molecule has 0 aliphatic heterocycles. The third-order valence-electron chi connectivity index (χ3n) is 9.48. The van der Waals surface area contributed by atoms with Crippen LogP contribution in [0, 0.1) is 13.8 Å². The highest BCUT2D eigenvalue weighted by Crippen LogP contribution is 2.38. The summed E-state index contributed by atoms with van der Waals surface area (Å²) in [6, 6.07) is 56.0. The molecule has 0 fully saturated rings. The first-order valence-corrected chi connectivity index (χ1v) is 15.7. The number of hydrogen-bond acceptors (Lipinski definition) is 0. The maximum atomic E-state index is 2.40. The molecule has 45 heavy (non-hydrogen) atoms. The van der Waals surface area contributed by atoms with Crippen molar-refractivity contribution in [2.45, 2.75) is 13.8 Å². The van der Waals surface area contributed by atoms with Crippen molar-refractivity contribution in [3.63, 3.8) is 0 Å². The number of hydrogen-bond donors (Lipinski definition) is 0. The molecular weight excluding hydrogens is 542 g/mol. The summed E-state index contributed by atoms with van der Waals surface area (Å²) in [4.78, 5) is 0. The fourth-order valence-corrected chi connectivity index (χ4v) is 7.30. The molecule has 1 nitrogen and oxygen atoms in total. The van der Waals surface area contributed by atoms with Crippen LogP contribution in [0.1, 0.15) is 11.1 Å². The van der Waals surface area contributed by atoms with Gasteiger partial charge in [-0.2, -0.15) is 0 Å². The molecular formula is C44H31N. The Morgan fingerprint density at radius 1 is 0.311 bits per heavy atom. The van der Waals surface area contributed by atoms with Crippen molar-refractivity contribution in [1.29, 1.82) is 0 Å². The average molecular weight is 574 g/mol. The lowest BCUT2D eigenvalue weighted by atomic mass is 9.91. The molecule has 0 saturated carbocycles. The van der Waals surface area contributed by atoms with Gasteiger partial charge >= 0.3 is 0 Å². The molecule has 0 atom stereocenters. The number of rotatable bonds is 3. The SMILES string of the molecule is Cc1ccc2c(c1)c1cc(C)ccc1n2-c1ccc(-c2cccc(-c3ccc4c5ccccc5c5ccccc5c4c3)c2)cc1. The molecule has 9 rings (SSSR count). The average Bonchev–Trinajstić information content (AvgIpc) is 3.41. The van der Waals surface area contributed by atoms with Crippen molar-refractivity contribution in [2.75, 3.05) is 0 Å². The highest BCUT2D eigenvalue weighted by Gasteiger charge is 2.14. The van der Waals surface area contributed by atoms with E-state index in [2.05, 4.69) is 170 Å². The van der Waals surface area contributed by atoms with Gasteiger partial charge in [0.25, 0.3) is 0 Å². The van der Waals surface area contributed by atoms with E-state index >= 15 is 0 Å². The molecule has 212 valence electrons. The Hall–Kier alpha value is -5.66. The molecule has 0 aliphatic carbocycles. The van der Waals surface area contributed by atoms with Crippen LogP contribution in [-0.2, 0) is 0 Å². The number of aromatic nitrogens is 1. The standard InChI is InChI=1S/C44H31N/c1-28-14-22-43-41(24-28)42-25-29(2)15-23-44(42)45(43)34-19-16-30(17-20-34)31-8-7-9-32(26-31)33-18-21-39-37-12-4-3-10-35(37)36-11-5-6-13-38(36)40(39)27-33/h3-27H,1-2H3. The van der Waals surface area contributed by atoms with Gasteiger partial charge in [-0.1, -0.05) is 114 Å². The summed E-state index contributed by atoms with van der Waals surface area (Å²) in [5.74, 6) is 0. The highest BCUT2D eigenvalue weighted by atomic mass is 15.0. The maximum absolute atomic E-state index is 2.40. The minimum absolute atomic E-state index is 1.18. The first-order chi connectivity index (χ1) is 22.1. The van der Waals surface area contributed by atoms with Crippen LogP contribution in [0.25, 0.3) is 82.1 Å².